The first-order valence-corrected chi connectivity index (χ1v) is 18.1. The lowest BCUT2D eigenvalue weighted by Crippen LogP contribution is -2.36. The second-order valence-corrected chi connectivity index (χ2v) is 14.7. The molecule has 47 heavy (non-hydrogen) atoms. The molecule has 1 saturated carbocycles. The van der Waals surface area contributed by atoms with Crippen LogP contribution < -0.4 is 16.0 Å². The highest BCUT2D eigenvalue weighted by Gasteiger charge is 2.50. The average molecular weight is 694 g/mol. The van der Waals surface area contributed by atoms with E-state index in [1.165, 1.54) is 70.2 Å². The number of halogens is 2. The minimum Gasteiger partial charge on any atom is -0.365 e. The molecule has 3 aliphatic heterocycles. The quantitative estimate of drug-likeness (QED) is 0.213. The van der Waals surface area contributed by atoms with Gasteiger partial charge in [0.1, 0.15) is 5.82 Å². The molecule has 11 nitrogen and oxygen atoms in total. The van der Waals surface area contributed by atoms with Crippen molar-refractivity contribution in [2.45, 2.75) is 63.1 Å². The van der Waals surface area contributed by atoms with Gasteiger partial charge in [-0.15, -0.1) is 11.3 Å². The lowest BCUT2D eigenvalue weighted by molar-refractivity contribution is -0.132. The predicted octanol–water partition coefficient (Wildman–Crippen LogP) is 5.07. The van der Waals surface area contributed by atoms with Gasteiger partial charge in [0.2, 0.25) is 12.3 Å². The Morgan fingerprint density at radius 2 is 1.81 bits per heavy atom. The monoisotopic (exact) mass is 693 g/mol. The Hall–Kier alpha value is -3.45. The Labute approximate surface area is 276 Å². The molecule has 4 fully saturated rings. The highest BCUT2D eigenvalue weighted by atomic mass is 32.1. The molecule has 3 aromatic rings. The molecule has 4 aliphatic rings. The number of alkyl halides is 2. The Bertz CT molecular complexity index is 1570. The molecule has 0 radical (unpaired) electrons. The summed E-state index contributed by atoms with van der Waals surface area (Å²) in [6, 6.07) is 11.1. The molecule has 256 valence electrons. The summed E-state index contributed by atoms with van der Waals surface area (Å²) in [7, 11) is -4.04. The lowest BCUT2D eigenvalue weighted by Gasteiger charge is -2.26. The maximum absolute atomic E-state index is 13.5. The first kappa shape index (κ1) is 36.4. The smallest absolute Gasteiger partial charge is 0.365 e. The number of fused-ring (bicyclic) bond motifs is 3. The van der Waals surface area contributed by atoms with E-state index in [0.29, 0.717) is 23.1 Å². The number of hydrogen-bond acceptors (Lipinski definition) is 7. The molecule has 3 amide bonds. The zero-order valence-electron chi connectivity index (χ0n) is 26.3. The number of nitrogens with zero attached hydrogens (tertiary/aromatic N) is 3. The van der Waals surface area contributed by atoms with Crippen LogP contribution in [0.5, 0.6) is 0 Å². The number of nitrogens with one attached hydrogen (secondary N) is 1. The molecule has 0 spiro atoms. The van der Waals surface area contributed by atoms with Crippen molar-refractivity contribution in [1.82, 2.24) is 15.2 Å². The molecule has 2 aromatic heterocycles. The molecular formula is C32H42F2N5O6PS. The fraction of sp³-hybridized carbons (Fsp3) is 0.500. The first-order valence-electron chi connectivity index (χ1n) is 15.7. The molecule has 15 heteroatoms. The Morgan fingerprint density at radius 3 is 2.43 bits per heavy atom. The summed E-state index contributed by atoms with van der Waals surface area (Å²) in [5.74, 6) is 2.78. The normalized spacial score (nSPS) is 21.7. The van der Waals surface area contributed by atoms with Gasteiger partial charge in [-0.25, -0.2) is 4.98 Å². The summed E-state index contributed by atoms with van der Waals surface area (Å²) in [6.07, 6.45) is 12.4. The molecule has 5 heterocycles. The topological polar surface area (TPSA) is 166 Å². The molecular weight excluding hydrogens is 651 g/mol. The number of pyridine rings is 1. The SMILES string of the molecule is CNC=O.NC(=O)c1cc2cc(C(F)(F)P(=O)(O)O)ccc2s1.O=C1CCC2CC2C[C@H]2CCCN12.c1ccc(N2CCCC2)nc1. The Morgan fingerprint density at radius 1 is 1.09 bits per heavy atom. The summed E-state index contributed by atoms with van der Waals surface area (Å²) in [6.45, 7) is 3.40. The number of carbonyl (C=O) groups is 3. The predicted molar refractivity (Wildman–Crippen MR) is 177 cm³/mol. The second-order valence-electron chi connectivity index (χ2n) is 12.0. The van der Waals surface area contributed by atoms with Gasteiger partial charge in [-0.2, -0.15) is 8.78 Å². The molecule has 3 atom stereocenters. The van der Waals surface area contributed by atoms with Crippen molar-refractivity contribution in [2.75, 3.05) is 31.6 Å². The van der Waals surface area contributed by atoms with E-state index in [9.17, 15) is 22.9 Å². The van der Waals surface area contributed by atoms with E-state index >= 15 is 0 Å². The van der Waals surface area contributed by atoms with Gasteiger partial charge in [0, 0.05) is 55.6 Å². The van der Waals surface area contributed by atoms with Gasteiger partial charge in [-0.1, -0.05) is 12.1 Å². The zero-order valence-corrected chi connectivity index (χ0v) is 28.0. The number of amides is 3. The van der Waals surface area contributed by atoms with Gasteiger partial charge in [0.15, 0.2) is 0 Å². The minimum absolute atomic E-state index is 0.187. The number of anilines is 1. The number of thiophene rings is 1. The number of hydrogen-bond donors (Lipinski definition) is 4. The second kappa shape index (κ2) is 16.1. The van der Waals surface area contributed by atoms with Crippen LogP contribution in [0.15, 0.2) is 48.7 Å². The van der Waals surface area contributed by atoms with Gasteiger partial charge in [0.05, 0.1) is 4.88 Å². The van der Waals surface area contributed by atoms with E-state index in [2.05, 4.69) is 26.2 Å². The lowest BCUT2D eigenvalue weighted by atomic mass is 10.0. The third kappa shape index (κ3) is 9.56. The van der Waals surface area contributed by atoms with Crippen molar-refractivity contribution in [3.63, 3.8) is 0 Å². The van der Waals surface area contributed by atoms with E-state index in [4.69, 9.17) is 20.3 Å². The minimum atomic E-state index is -5.60. The van der Waals surface area contributed by atoms with Crippen molar-refractivity contribution in [1.29, 1.82) is 0 Å². The summed E-state index contributed by atoms with van der Waals surface area (Å²) in [4.78, 5) is 58.0. The van der Waals surface area contributed by atoms with Crippen LogP contribution >= 0.6 is 18.9 Å². The summed E-state index contributed by atoms with van der Waals surface area (Å²) >= 11 is 1.02. The Kier molecular flexibility index (Phi) is 12.5. The van der Waals surface area contributed by atoms with E-state index in [-0.39, 0.29) is 10.3 Å². The number of benzene rings is 1. The van der Waals surface area contributed by atoms with E-state index < -0.39 is 24.7 Å². The van der Waals surface area contributed by atoms with Gasteiger partial charge in [0.25, 0.3) is 5.91 Å². The van der Waals surface area contributed by atoms with Crippen LogP contribution in [0, 0.1) is 11.8 Å². The van der Waals surface area contributed by atoms with Crippen molar-refractivity contribution >= 4 is 53.1 Å². The molecule has 1 aromatic carbocycles. The van der Waals surface area contributed by atoms with Crippen molar-refractivity contribution < 1.29 is 37.5 Å². The molecule has 1 aliphatic carbocycles. The third-order valence-corrected chi connectivity index (χ3v) is 10.9. The third-order valence-electron chi connectivity index (χ3n) is 8.74. The van der Waals surface area contributed by atoms with Crippen LogP contribution in [0.25, 0.3) is 10.1 Å². The maximum atomic E-state index is 13.5. The van der Waals surface area contributed by atoms with E-state index in [0.717, 1.165) is 54.1 Å². The summed E-state index contributed by atoms with van der Waals surface area (Å²) < 4.78 is 38.3. The Balaban J connectivity index is 0.000000156. The molecule has 0 bridgehead atoms. The van der Waals surface area contributed by atoms with E-state index in [1.807, 2.05) is 18.3 Å². The standard InChI is InChI=1S/C11H17NO.C10H8F2NO4PS.C9H12N2.C2H5NO/c13-11-4-3-8-6-9(8)7-10-2-1-5-12(10)11;11-10(12,18(15,16)17)6-1-2-7-5(3-6)4-8(19-7)9(13)14;1-2-6-10-9(5-1)11-7-3-4-8-11;1-3-2-4/h8-10H,1-7H2;1-4H,(H2,13,14)(H2,15,16,17);1-2,5-6H,3-4,7-8H2;2H,1H3,(H,3,4)/t8?,9?,10-;;;/m1.../s1. The summed E-state index contributed by atoms with van der Waals surface area (Å²) in [5, 5.41) is 2.53. The molecule has 2 unspecified atom stereocenters. The van der Waals surface area contributed by atoms with Gasteiger partial charge >= 0.3 is 13.3 Å². The van der Waals surface area contributed by atoms with Crippen LogP contribution in [0.3, 0.4) is 0 Å². The van der Waals surface area contributed by atoms with Gasteiger partial charge < -0.3 is 30.6 Å². The maximum Gasteiger partial charge on any atom is 0.399 e. The largest absolute Gasteiger partial charge is 0.399 e. The van der Waals surface area contributed by atoms with Crippen LogP contribution in [-0.4, -0.2) is 70.6 Å². The fourth-order valence-corrected chi connectivity index (χ4v) is 7.54. The van der Waals surface area contributed by atoms with Crippen LogP contribution in [-0.2, 0) is 19.8 Å². The average Bonchev–Trinajstić information content (AvgIpc) is 3.49. The number of carbonyl (C=O) groups excluding carboxylic acids is 3. The number of primary amides is 1. The molecule has 3 saturated heterocycles. The van der Waals surface area contributed by atoms with Crippen LogP contribution in [0.1, 0.15) is 66.6 Å². The number of nitrogens with two attached hydrogens (primary N) is 1. The van der Waals surface area contributed by atoms with Crippen LogP contribution in [0.4, 0.5) is 14.6 Å². The fourth-order valence-electron chi connectivity index (χ4n) is 6.17. The highest BCUT2D eigenvalue weighted by molar-refractivity contribution is 7.52. The highest BCUT2D eigenvalue weighted by Crippen LogP contribution is 2.59. The number of rotatable bonds is 5. The van der Waals surface area contributed by atoms with Crippen molar-refractivity contribution in [2.24, 2.45) is 17.6 Å². The summed E-state index contributed by atoms with van der Waals surface area (Å²) in [5.41, 5.74) is -0.00188. The van der Waals surface area contributed by atoms with Crippen molar-refractivity contribution in [3.05, 3.63) is 59.1 Å². The van der Waals surface area contributed by atoms with Gasteiger partial charge in [-0.3, -0.25) is 18.9 Å². The number of aromatic nitrogens is 1. The molecule has 7 rings (SSSR count). The zero-order chi connectivity index (χ0) is 34.2. The molecule has 5 N–H and O–H groups in total. The van der Waals surface area contributed by atoms with E-state index in [1.54, 1.807) is 7.05 Å². The van der Waals surface area contributed by atoms with Gasteiger partial charge in [-0.05, 0) is 92.5 Å². The van der Waals surface area contributed by atoms with Crippen molar-refractivity contribution in [3.8, 4) is 0 Å². The van der Waals surface area contributed by atoms with Crippen LogP contribution in [0.2, 0.25) is 0 Å². The first-order chi connectivity index (χ1) is 22.3.